The zero-order chi connectivity index (χ0) is 45.6. The minimum Gasteiger partial charge on any atom is -0.544 e. The van der Waals surface area contributed by atoms with E-state index in [1.807, 2.05) is 0 Å². The maximum Gasteiger partial charge on any atom is 0.306 e. The molecule has 8 heteroatoms. The molecule has 360 valence electrons. The van der Waals surface area contributed by atoms with Crippen molar-refractivity contribution in [3.05, 3.63) is 48.6 Å². The van der Waals surface area contributed by atoms with Crippen molar-refractivity contribution in [2.75, 3.05) is 41.0 Å². The largest absolute Gasteiger partial charge is 0.544 e. The summed E-state index contributed by atoms with van der Waals surface area (Å²) in [4.78, 5) is 37.0. The zero-order valence-corrected chi connectivity index (χ0v) is 41.0. The molecule has 0 saturated heterocycles. The van der Waals surface area contributed by atoms with Gasteiger partial charge in [0.15, 0.2) is 6.10 Å². The molecule has 0 heterocycles. The summed E-state index contributed by atoms with van der Waals surface area (Å²) in [5.41, 5.74) is 0. The summed E-state index contributed by atoms with van der Waals surface area (Å²) in [5.74, 6) is -1.75. The van der Waals surface area contributed by atoms with Gasteiger partial charge in [-0.2, -0.15) is 0 Å². The smallest absolute Gasteiger partial charge is 0.306 e. The minimum atomic E-state index is -1.13. The highest BCUT2D eigenvalue weighted by molar-refractivity contribution is 5.70. The molecule has 0 fully saturated rings. The van der Waals surface area contributed by atoms with Crippen LogP contribution in [0, 0.1) is 0 Å². The van der Waals surface area contributed by atoms with E-state index < -0.39 is 18.1 Å². The maximum absolute atomic E-state index is 12.8. The molecule has 0 N–H and O–H groups in total. The van der Waals surface area contributed by atoms with Crippen molar-refractivity contribution < 1.29 is 38.2 Å². The van der Waals surface area contributed by atoms with Gasteiger partial charge in [0.2, 0.25) is 0 Å². The Kier molecular flexibility index (Phi) is 42.9. The highest BCUT2D eigenvalue weighted by Gasteiger charge is 2.25. The number of ether oxygens (including phenoxy) is 3. The second-order valence-electron chi connectivity index (χ2n) is 18.4. The third kappa shape index (κ3) is 42.6. The van der Waals surface area contributed by atoms with Gasteiger partial charge in [0, 0.05) is 19.3 Å². The van der Waals surface area contributed by atoms with E-state index in [9.17, 15) is 19.5 Å². The summed E-state index contributed by atoms with van der Waals surface area (Å²) in [7, 11) is 5.41. The second-order valence-corrected chi connectivity index (χ2v) is 18.4. The first-order valence-electron chi connectivity index (χ1n) is 25.7. The highest BCUT2D eigenvalue weighted by atomic mass is 16.6. The van der Waals surface area contributed by atoms with E-state index in [0.29, 0.717) is 12.8 Å². The van der Waals surface area contributed by atoms with Crippen molar-refractivity contribution in [3.8, 4) is 0 Å². The van der Waals surface area contributed by atoms with Crippen molar-refractivity contribution in [2.24, 2.45) is 0 Å². The lowest BCUT2D eigenvalue weighted by Crippen LogP contribution is -2.55. The number of esters is 2. The lowest BCUT2D eigenvalue weighted by atomic mass is 10.0. The normalized spacial score (nSPS) is 13.2. The molecule has 0 rings (SSSR count). The molecule has 0 aromatic rings. The molecule has 0 spiro atoms. The third-order valence-corrected chi connectivity index (χ3v) is 11.5. The first-order chi connectivity index (χ1) is 30.1. The topological polar surface area (TPSA) is 102 Å². The summed E-state index contributed by atoms with van der Waals surface area (Å²) in [6, 6.07) is -0.730. The van der Waals surface area contributed by atoms with Gasteiger partial charge in [-0.15, -0.1) is 0 Å². The van der Waals surface area contributed by atoms with Crippen molar-refractivity contribution in [2.45, 2.75) is 238 Å². The Labute approximate surface area is 382 Å². The fraction of sp³-hybridized carbons (Fsp3) is 0.796. The molecule has 0 radical (unpaired) electrons. The highest BCUT2D eigenvalue weighted by Crippen LogP contribution is 2.16. The number of rotatable bonds is 46. The summed E-state index contributed by atoms with van der Waals surface area (Å²) in [6.07, 6.45) is 54.2. The maximum atomic E-state index is 12.8. The molecule has 0 saturated carbocycles. The number of allylic oxidation sites excluding steroid dienone is 8. The molecule has 0 aromatic carbocycles. The Morgan fingerprint density at radius 1 is 0.484 bits per heavy atom. The van der Waals surface area contributed by atoms with Gasteiger partial charge in [-0.25, -0.2) is 0 Å². The number of carboxylic acids is 1. The predicted octanol–water partition coefficient (Wildman–Crippen LogP) is 13.4. The Balaban J connectivity index is 4.29. The van der Waals surface area contributed by atoms with Crippen molar-refractivity contribution in [3.63, 3.8) is 0 Å². The monoisotopic (exact) mass is 872 g/mol. The molecule has 0 amide bonds. The number of nitrogens with zero attached hydrogens (tertiary/aromatic N) is 1. The van der Waals surface area contributed by atoms with E-state index in [4.69, 9.17) is 14.2 Å². The molecule has 8 nitrogen and oxygen atoms in total. The zero-order valence-electron chi connectivity index (χ0n) is 41.0. The Morgan fingerprint density at radius 2 is 0.855 bits per heavy atom. The van der Waals surface area contributed by atoms with Crippen molar-refractivity contribution >= 4 is 17.9 Å². The number of carboxylic acid groups (broad SMARTS) is 1. The second kappa shape index (κ2) is 44.9. The van der Waals surface area contributed by atoms with Crippen LogP contribution in [0.5, 0.6) is 0 Å². The SMILES string of the molecule is CCCCC/C=C/C/C=C/C/C=C/C/C=C/CCCCCCCC(=O)OC(COCCC(C(=O)[O-])[N+](C)(C)C)COC(=O)CCCCCCCCCCCCCCCCCCC. The molecule has 2 unspecified atom stereocenters. The number of quaternary nitrogens is 1. The van der Waals surface area contributed by atoms with Crippen LogP contribution in [0.15, 0.2) is 48.6 Å². The molecular formula is C54H97NO7. The van der Waals surface area contributed by atoms with Crippen LogP contribution in [0.2, 0.25) is 0 Å². The number of unbranched alkanes of at least 4 members (excludes halogenated alkanes) is 24. The summed E-state index contributed by atoms with van der Waals surface area (Å²) in [5, 5.41) is 11.7. The van der Waals surface area contributed by atoms with E-state index in [1.165, 1.54) is 116 Å². The summed E-state index contributed by atoms with van der Waals surface area (Å²) >= 11 is 0. The van der Waals surface area contributed by atoms with Crippen LogP contribution in [0.3, 0.4) is 0 Å². The fourth-order valence-corrected chi connectivity index (χ4v) is 7.47. The van der Waals surface area contributed by atoms with Crippen LogP contribution >= 0.6 is 0 Å². The van der Waals surface area contributed by atoms with E-state index in [1.54, 1.807) is 21.1 Å². The Bertz CT molecular complexity index is 1150. The number of likely N-dealkylation sites (N-methyl/N-ethyl adjacent to an activating group) is 1. The van der Waals surface area contributed by atoms with Gasteiger partial charge >= 0.3 is 11.9 Å². The quantitative estimate of drug-likeness (QED) is 0.0260. The van der Waals surface area contributed by atoms with E-state index in [0.717, 1.165) is 77.0 Å². The van der Waals surface area contributed by atoms with Gasteiger partial charge < -0.3 is 28.6 Å². The molecule has 0 aliphatic carbocycles. The van der Waals surface area contributed by atoms with E-state index in [2.05, 4.69) is 62.5 Å². The van der Waals surface area contributed by atoms with Gasteiger partial charge in [0.1, 0.15) is 12.6 Å². The Hall–Kier alpha value is -2.71. The summed E-state index contributed by atoms with van der Waals surface area (Å²) in [6.45, 7) is 4.64. The van der Waals surface area contributed by atoms with Crippen LogP contribution in [0.1, 0.15) is 226 Å². The van der Waals surface area contributed by atoms with Crippen LogP contribution in [0.4, 0.5) is 0 Å². The predicted molar refractivity (Wildman–Crippen MR) is 259 cm³/mol. The third-order valence-electron chi connectivity index (χ3n) is 11.5. The molecular weight excluding hydrogens is 775 g/mol. The van der Waals surface area contributed by atoms with Crippen molar-refractivity contribution in [1.29, 1.82) is 0 Å². The Morgan fingerprint density at radius 3 is 1.29 bits per heavy atom. The van der Waals surface area contributed by atoms with Gasteiger partial charge in [-0.1, -0.05) is 197 Å². The van der Waals surface area contributed by atoms with Crippen LogP contribution in [-0.4, -0.2) is 75.5 Å². The average molecular weight is 872 g/mol. The number of carbonyl (C=O) groups is 3. The van der Waals surface area contributed by atoms with Crippen LogP contribution < -0.4 is 5.11 Å². The molecule has 62 heavy (non-hydrogen) atoms. The van der Waals surface area contributed by atoms with Gasteiger partial charge in [-0.05, 0) is 57.8 Å². The van der Waals surface area contributed by atoms with E-state index >= 15 is 0 Å². The fourth-order valence-electron chi connectivity index (χ4n) is 7.47. The number of hydrogen-bond donors (Lipinski definition) is 0. The first-order valence-corrected chi connectivity index (χ1v) is 25.7. The van der Waals surface area contributed by atoms with Crippen molar-refractivity contribution in [1.82, 2.24) is 0 Å². The molecule has 0 bridgehead atoms. The van der Waals surface area contributed by atoms with E-state index in [-0.39, 0.29) is 42.7 Å². The molecule has 0 aromatic heterocycles. The minimum absolute atomic E-state index is 0.0343. The number of hydrogen-bond acceptors (Lipinski definition) is 7. The van der Waals surface area contributed by atoms with Gasteiger partial charge in [-0.3, -0.25) is 9.59 Å². The summed E-state index contributed by atoms with van der Waals surface area (Å²) < 4.78 is 17.2. The van der Waals surface area contributed by atoms with Gasteiger partial charge in [0.05, 0.1) is 40.3 Å². The molecule has 0 aliphatic heterocycles. The standard InChI is InChI=1S/C54H97NO7/c1-6-8-10-12-14-16-18-20-22-24-25-26-27-29-31-33-35-37-39-41-43-45-53(57)62-50(48-60-47-46-51(54(58)59)55(3,4)5)49-61-52(56)44-42-40-38-36-34-32-30-28-23-21-19-17-15-13-11-9-7-2/h14,16,20,22,25-26,29,31,50-51H,6-13,15,17-19,21,23-24,27-28,30,32-49H2,1-5H3/b16-14+,22-20+,26-25+,31-29+. The molecule has 2 atom stereocenters. The van der Waals surface area contributed by atoms with Gasteiger partial charge in [0.25, 0.3) is 0 Å². The first kappa shape index (κ1) is 59.3. The van der Waals surface area contributed by atoms with Crippen LogP contribution in [0.25, 0.3) is 0 Å². The van der Waals surface area contributed by atoms with Crippen LogP contribution in [-0.2, 0) is 28.6 Å². The number of aliphatic carboxylic acids is 1. The number of carbonyl (C=O) groups excluding carboxylic acids is 3. The lowest BCUT2D eigenvalue weighted by molar-refractivity contribution is -0.889. The lowest BCUT2D eigenvalue weighted by Gasteiger charge is -2.34. The average Bonchev–Trinajstić information content (AvgIpc) is 3.23. The molecule has 0 aliphatic rings.